The van der Waals surface area contributed by atoms with Crippen LogP contribution in [0, 0.1) is 6.92 Å². The molecule has 1 aliphatic carbocycles. The van der Waals surface area contributed by atoms with E-state index >= 15 is 0 Å². The quantitative estimate of drug-likeness (QED) is 0.836. The fourth-order valence-corrected chi connectivity index (χ4v) is 3.32. The Bertz CT molecular complexity index is 508. The molecule has 2 aliphatic rings. The van der Waals surface area contributed by atoms with Gasteiger partial charge in [0, 0.05) is 38.0 Å². The van der Waals surface area contributed by atoms with Crippen LogP contribution in [0.1, 0.15) is 55.6 Å². The number of carbonyl (C=O) groups excluding carboxylic acids is 1. The molecule has 0 N–H and O–H groups in total. The van der Waals surface area contributed by atoms with E-state index in [2.05, 4.69) is 16.5 Å². The summed E-state index contributed by atoms with van der Waals surface area (Å²) in [6, 6.07) is 0.392. The van der Waals surface area contributed by atoms with Gasteiger partial charge in [0.25, 0.3) is 0 Å². The van der Waals surface area contributed by atoms with Crippen LogP contribution < -0.4 is 0 Å². The van der Waals surface area contributed by atoms with Gasteiger partial charge in [-0.1, -0.05) is 0 Å². The highest BCUT2D eigenvalue weighted by Gasteiger charge is 2.33. The molecule has 0 spiro atoms. The van der Waals surface area contributed by atoms with Gasteiger partial charge in [-0.25, -0.2) is 4.98 Å². The smallest absolute Gasteiger partial charge is 0.224 e. The third-order valence-corrected chi connectivity index (χ3v) is 4.59. The van der Waals surface area contributed by atoms with Crippen molar-refractivity contribution in [3.8, 4) is 0 Å². The zero-order valence-corrected chi connectivity index (χ0v) is 13.0. The molecule has 21 heavy (non-hydrogen) atoms. The maximum Gasteiger partial charge on any atom is 0.224 e. The molecule has 2 heterocycles. The Labute approximate surface area is 126 Å². The highest BCUT2D eigenvalue weighted by Crippen LogP contribution is 2.41. The monoisotopic (exact) mass is 291 g/mol. The van der Waals surface area contributed by atoms with Crippen molar-refractivity contribution in [2.45, 2.75) is 51.0 Å². The van der Waals surface area contributed by atoms with E-state index in [9.17, 15) is 4.79 Å². The van der Waals surface area contributed by atoms with Crippen LogP contribution in [0.2, 0.25) is 0 Å². The van der Waals surface area contributed by atoms with E-state index in [0.717, 1.165) is 25.9 Å². The van der Waals surface area contributed by atoms with Gasteiger partial charge in [-0.15, -0.1) is 0 Å². The van der Waals surface area contributed by atoms with Crippen LogP contribution in [-0.4, -0.2) is 47.2 Å². The van der Waals surface area contributed by atoms with Crippen molar-refractivity contribution in [3.05, 3.63) is 17.7 Å². The predicted octanol–water partition coefficient (Wildman–Crippen LogP) is 2.27. The molecule has 116 valence electrons. The van der Waals surface area contributed by atoms with Crippen molar-refractivity contribution in [1.82, 2.24) is 14.5 Å². The summed E-state index contributed by atoms with van der Waals surface area (Å²) in [7, 11) is 1.64. The molecule has 0 radical (unpaired) electrons. The summed E-state index contributed by atoms with van der Waals surface area (Å²) in [4.78, 5) is 18.8. The van der Waals surface area contributed by atoms with E-state index in [0.29, 0.717) is 25.0 Å². The number of amides is 1. The van der Waals surface area contributed by atoms with Crippen LogP contribution in [-0.2, 0) is 9.53 Å². The first kappa shape index (κ1) is 14.6. The summed E-state index contributed by atoms with van der Waals surface area (Å²) in [6.45, 7) is 4.34. The molecular weight excluding hydrogens is 266 g/mol. The second kappa shape index (κ2) is 6.18. The largest absolute Gasteiger partial charge is 0.384 e. The van der Waals surface area contributed by atoms with Crippen LogP contribution in [0.25, 0.3) is 0 Å². The van der Waals surface area contributed by atoms with Gasteiger partial charge in [-0.3, -0.25) is 4.79 Å². The van der Waals surface area contributed by atoms with E-state index in [-0.39, 0.29) is 5.91 Å². The first-order valence-corrected chi connectivity index (χ1v) is 8.01. The van der Waals surface area contributed by atoms with Crippen LogP contribution in [0.15, 0.2) is 6.20 Å². The third-order valence-electron chi connectivity index (χ3n) is 4.59. The topological polar surface area (TPSA) is 47.4 Å². The minimum absolute atomic E-state index is 0.215. The molecule has 1 atom stereocenters. The van der Waals surface area contributed by atoms with Crippen molar-refractivity contribution in [3.63, 3.8) is 0 Å². The fourth-order valence-electron chi connectivity index (χ4n) is 3.32. The summed E-state index contributed by atoms with van der Waals surface area (Å²) in [5.74, 6) is 2.11. The average molecular weight is 291 g/mol. The highest BCUT2D eigenvalue weighted by molar-refractivity contribution is 5.76. The number of hydrogen-bond acceptors (Lipinski definition) is 3. The van der Waals surface area contributed by atoms with Gasteiger partial charge >= 0.3 is 0 Å². The van der Waals surface area contributed by atoms with Crippen molar-refractivity contribution < 1.29 is 9.53 Å². The molecule has 1 saturated carbocycles. The number of imidazole rings is 1. The van der Waals surface area contributed by atoms with Crippen LogP contribution in [0.5, 0.6) is 0 Å². The van der Waals surface area contributed by atoms with Gasteiger partial charge in [0.1, 0.15) is 5.82 Å². The first-order valence-electron chi connectivity index (χ1n) is 8.01. The Hall–Kier alpha value is -1.36. The Balaban J connectivity index is 1.71. The molecule has 5 heteroatoms. The lowest BCUT2D eigenvalue weighted by Gasteiger charge is -2.35. The normalized spacial score (nSPS) is 22.6. The molecule has 1 aliphatic heterocycles. The molecule has 1 aromatic rings. The van der Waals surface area contributed by atoms with Gasteiger partial charge in [0.15, 0.2) is 0 Å². The molecule has 1 unspecified atom stereocenters. The molecule has 0 aromatic carbocycles. The van der Waals surface area contributed by atoms with E-state index in [1.54, 1.807) is 7.11 Å². The van der Waals surface area contributed by atoms with Gasteiger partial charge in [-0.2, -0.15) is 0 Å². The lowest BCUT2D eigenvalue weighted by molar-refractivity contribution is -0.133. The Morgan fingerprint density at radius 1 is 1.43 bits per heavy atom. The maximum atomic E-state index is 12.2. The molecule has 3 rings (SSSR count). The SMILES string of the molecule is COCCC(=O)N1CCCC(n2c(C)cnc2C2CC2)C1. The summed E-state index contributed by atoms with van der Waals surface area (Å²) >= 11 is 0. The standard InChI is InChI=1S/C16H25N3O2/c1-12-10-17-16(13-5-6-13)19(12)14-4-3-8-18(11-14)15(20)7-9-21-2/h10,13-14H,3-9,11H2,1-2H3. The minimum atomic E-state index is 0.215. The Kier molecular flexibility index (Phi) is 4.29. The maximum absolute atomic E-state index is 12.2. The predicted molar refractivity (Wildman–Crippen MR) is 80.3 cm³/mol. The fraction of sp³-hybridized carbons (Fsp3) is 0.750. The Morgan fingerprint density at radius 3 is 2.95 bits per heavy atom. The number of hydrogen-bond donors (Lipinski definition) is 0. The van der Waals surface area contributed by atoms with Gasteiger partial charge in [0.2, 0.25) is 5.91 Å². The van der Waals surface area contributed by atoms with E-state index in [4.69, 9.17) is 4.74 Å². The molecule has 0 bridgehead atoms. The number of aryl methyl sites for hydroxylation is 1. The number of likely N-dealkylation sites (tertiary alicyclic amines) is 1. The second-order valence-corrected chi connectivity index (χ2v) is 6.28. The number of piperidine rings is 1. The van der Waals surface area contributed by atoms with Gasteiger partial charge in [-0.05, 0) is 32.6 Å². The van der Waals surface area contributed by atoms with Crippen LogP contribution >= 0.6 is 0 Å². The average Bonchev–Trinajstić information content (AvgIpc) is 3.27. The zero-order valence-electron chi connectivity index (χ0n) is 13.0. The van der Waals surface area contributed by atoms with E-state index in [1.807, 2.05) is 11.1 Å². The Morgan fingerprint density at radius 2 is 2.24 bits per heavy atom. The third kappa shape index (κ3) is 3.12. The summed E-state index contributed by atoms with van der Waals surface area (Å²) in [5, 5.41) is 0. The highest BCUT2D eigenvalue weighted by atomic mass is 16.5. The number of aromatic nitrogens is 2. The molecule has 2 fully saturated rings. The van der Waals surface area contributed by atoms with Gasteiger partial charge in [0.05, 0.1) is 19.1 Å². The number of ether oxygens (including phenoxy) is 1. The van der Waals surface area contributed by atoms with Crippen molar-refractivity contribution >= 4 is 5.91 Å². The second-order valence-electron chi connectivity index (χ2n) is 6.28. The number of methoxy groups -OCH3 is 1. The van der Waals surface area contributed by atoms with E-state index < -0.39 is 0 Å². The summed E-state index contributed by atoms with van der Waals surface area (Å²) < 4.78 is 7.41. The summed E-state index contributed by atoms with van der Waals surface area (Å²) in [5.41, 5.74) is 1.23. The number of rotatable bonds is 5. The van der Waals surface area contributed by atoms with Crippen LogP contribution in [0.4, 0.5) is 0 Å². The lowest BCUT2D eigenvalue weighted by atomic mass is 10.0. The van der Waals surface area contributed by atoms with Crippen molar-refractivity contribution in [2.24, 2.45) is 0 Å². The lowest BCUT2D eigenvalue weighted by Crippen LogP contribution is -2.41. The van der Waals surface area contributed by atoms with E-state index in [1.165, 1.54) is 24.4 Å². The molecule has 1 amide bonds. The van der Waals surface area contributed by atoms with Crippen molar-refractivity contribution in [1.29, 1.82) is 0 Å². The molecular formula is C16H25N3O2. The van der Waals surface area contributed by atoms with Crippen LogP contribution in [0.3, 0.4) is 0 Å². The molecule has 1 aromatic heterocycles. The number of carbonyl (C=O) groups is 1. The number of nitrogens with zero attached hydrogens (tertiary/aromatic N) is 3. The van der Waals surface area contributed by atoms with Crippen molar-refractivity contribution in [2.75, 3.05) is 26.8 Å². The molecule has 5 nitrogen and oxygen atoms in total. The zero-order chi connectivity index (χ0) is 14.8. The molecule has 1 saturated heterocycles. The first-order chi connectivity index (χ1) is 10.2. The minimum Gasteiger partial charge on any atom is -0.384 e. The summed E-state index contributed by atoms with van der Waals surface area (Å²) in [6.07, 6.45) is 7.22. The van der Waals surface area contributed by atoms with Gasteiger partial charge < -0.3 is 14.2 Å².